The van der Waals surface area contributed by atoms with E-state index in [1.54, 1.807) is 0 Å². The van der Waals surface area contributed by atoms with Crippen molar-refractivity contribution in [2.45, 2.75) is 85.0 Å². The zero-order valence-electron chi connectivity index (χ0n) is 22.3. The Morgan fingerprint density at radius 2 is 1.52 bits per heavy atom. The van der Waals surface area contributed by atoms with Gasteiger partial charge in [0.25, 0.3) is 0 Å². The number of rotatable bonds is 10. The minimum atomic E-state index is -1.86. The predicted molar refractivity (Wildman–Crippen MR) is 148 cm³/mol. The zero-order valence-corrected chi connectivity index (χ0v) is 23.3. The average Bonchev–Trinajstić information content (AvgIpc) is 2.75. The number of hydrogen-bond acceptors (Lipinski definition) is 2. The van der Waals surface area contributed by atoms with Crippen molar-refractivity contribution in [3.8, 4) is 11.8 Å². The standard InChI is InChI=1S/C30H45NOSi/c1-23(2)33(24(3)4,25(5)6)32-22-30(8,9)20-13-10-14-21-31-26(7)28-19-15-17-27-16-11-12-18-29(27)28/h10-12,14-19,23-26,31H,21-22H2,1-9H3/t26-/m1/s1. The Balaban J connectivity index is 1.93. The van der Waals surface area contributed by atoms with E-state index in [0.717, 1.165) is 6.54 Å². The smallest absolute Gasteiger partial charge is 0.200 e. The first-order chi connectivity index (χ1) is 15.5. The monoisotopic (exact) mass is 463 g/mol. The highest BCUT2D eigenvalue weighted by molar-refractivity contribution is 6.77. The molecule has 2 aromatic carbocycles. The van der Waals surface area contributed by atoms with Crippen LogP contribution in [0.1, 0.15) is 73.9 Å². The molecule has 0 heterocycles. The highest BCUT2D eigenvalue weighted by atomic mass is 28.4. The lowest BCUT2D eigenvalue weighted by molar-refractivity contribution is 0.202. The van der Waals surface area contributed by atoms with Gasteiger partial charge in [-0.05, 0) is 59.8 Å². The SMILES string of the molecule is CC(C)[Si](OCC(C)(C)C#CC=CCN[C@H](C)c1cccc2ccccc12)(C(C)C)C(C)C. The summed E-state index contributed by atoms with van der Waals surface area (Å²) >= 11 is 0. The molecule has 0 aromatic heterocycles. The molecular weight excluding hydrogens is 418 g/mol. The third-order valence-corrected chi connectivity index (χ3v) is 12.9. The summed E-state index contributed by atoms with van der Waals surface area (Å²) in [5.74, 6) is 6.68. The molecule has 1 N–H and O–H groups in total. The van der Waals surface area contributed by atoms with Crippen LogP contribution < -0.4 is 5.32 Å². The van der Waals surface area contributed by atoms with Gasteiger partial charge in [0.05, 0.1) is 6.61 Å². The second-order valence-electron chi connectivity index (χ2n) is 10.9. The normalized spacial score (nSPS) is 13.8. The van der Waals surface area contributed by atoms with Gasteiger partial charge in [-0.15, -0.1) is 0 Å². The van der Waals surface area contributed by atoms with Crippen LogP contribution in [0.3, 0.4) is 0 Å². The summed E-state index contributed by atoms with van der Waals surface area (Å²) in [6.07, 6.45) is 4.09. The Kier molecular flexibility index (Phi) is 9.97. The van der Waals surface area contributed by atoms with E-state index < -0.39 is 8.32 Å². The lowest BCUT2D eigenvalue weighted by atomic mass is 9.96. The van der Waals surface area contributed by atoms with Crippen molar-refractivity contribution in [2.75, 3.05) is 13.2 Å². The fraction of sp³-hybridized carbons (Fsp3) is 0.533. The fourth-order valence-electron chi connectivity index (χ4n) is 5.18. The molecule has 3 heteroatoms. The maximum Gasteiger partial charge on any atom is 0.200 e. The van der Waals surface area contributed by atoms with Crippen molar-refractivity contribution in [3.05, 3.63) is 60.2 Å². The average molecular weight is 464 g/mol. The maximum atomic E-state index is 6.77. The highest BCUT2D eigenvalue weighted by Gasteiger charge is 2.45. The fourth-order valence-corrected chi connectivity index (χ4v) is 10.8. The van der Waals surface area contributed by atoms with E-state index in [1.807, 2.05) is 6.08 Å². The molecule has 180 valence electrons. The molecule has 1 atom stereocenters. The van der Waals surface area contributed by atoms with Crippen LogP contribution in [0.25, 0.3) is 10.8 Å². The number of allylic oxidation sites excluding steroid dienone is 1. The van der Waals surface area contributed by atoms with E-state index in [1.165, 1.54) is 16.3 Å². The molecular formula is C30H45NOSi. The maximum absolute atomic E-state index is 6.77. The molecule has 0 fully saturated rings. The first-order valence-electron chi connectivity index (χ1n) is 12.5. The van der Waals surface area contributed by atoms with Gasteiger partial charge in [-0.3, -0.25) is 0 Å². The van der Waals surface area contributed by atoms with Gasteiger partial charge in [0.1, 0.15) is 0 Å². The van der Waals surface area contributed by atoms with Crippen LogP contribution in [0.5, 0.6) is 0 Å². The van der Waals surface area contributed by atoms with Crippen molar-refractivity contribution in [3.63, 3.8) is 0 Å². The van der Waals surface area contributed by atoms with Gasteiger partial charge in [0, 0.05) is 18.0 Å². The highest BCUT2D eigenvalue weighted by Crippen LogP contribution is 2.43. The summed E-state index contributed by atoms with van der Waals surface area (Å²) in [4.78, 5) is 0. The first-order valence-corrected chi connectivity index (χ1v) is 14.7. The Labute approximate surface area is 204 Å². The summed E-state index contributed by atoms with van der Waals surface area (Å²) < 4.78 is 6.77. The van der Waals surface area contributed by atoms with Crippen molar-refractivity contribution < 1.29 is 4.43 Å². The van der Waals surface area contributed by atoms with Crippen LogP contribution in [0.15, 0.2) is 54.6 Å². The van der Waals surface area contributed by atoms with E-state index in [0.29, 0.717) is 23.2 Å². The Morgan fingerprint density at radius 3 is 2.15 bits per heavy atom. The van der Waals surface area contributed by atoms with Crippen LogP contribution in [0.2, 0.25) is 16.6 Å². The van der Waals surface area contributed by atoms with Crippen LogP contribution in [0.4, 0.5) is 0 Å². The summed E-state index contributed by atoms with van der Waals surface area (Å²) in [6.45, 7) is 22.1. The van der Waals surface area contributed by atoms with Crippen molar-refractivity contribution in [1.29, 1.82) is 0 Å². The third kappa shape index (κ3) is 7.06. The first kappa shape index (κ1) is 27.4. The number of hydrogen-bond donors (Lipinski definition) is 1. The van der Waals surface area contributed by atoms with E-state index in [9.17, 15) is 0 Å². The molecule has 0 radical (unpaired) electrons. The molecule has 0 unspecified atom stereocenters. The molecule has 0 spiro atoms. The Hall–Kier alpha value is -1.86. The summed E-state index contributed by atoms with van der Waals surface area (Å²) in [6, 6.07) is 15.4. The second kappa shape index (κ2) is 12.0. The Bertz CT molecular complexity index is 950. The number of fused-ring (bicyclic) bond motifs is 1. The van der Waals surface area contributed by atoms with Gasteiger partial charge in [0.2, 0.25) is 0 Å². The molecule has 0 bridgehead atoms. The van der Waals surface area contributed by atoms with Crippen LogP contribution >= 0.6 is 0 Å². The lowest BCUT2D eigenvalue weighted by Gasteiger charge is -2.43. The van der Waals surface area contributed by atoms with Gasteiger partial charge in [-0.1, -0.05) is 102 Å². The van der Waals surface area contributed by atoms with Gasteiger partial charge >= 0.3 is 0 Å². The van der Waals surface area contributed by atoms with E-state index >= 15 is 0 Å². The van der Waals surface area contributed by atoms with E-state index in [2.05, 4.69) is 128 Å². The predicted octanol–water partition coefficient (Wildman–Crippen LogP) is 8.27. The summed E-state index contributed by atoms with van der Waals surface area (Å²) in [5, 5.41) is 6.20. The summed E-state index contributed by atoms with van der Waals surface area (Å²) in [7, 11) is -1.86. The molecule has 2 aromatic rings. The molecule has 33 heavy (non-hydrogen) atoms. The topological polar surface area (TPSA) is 21.3 Å². The molecule has 0 saturated heterocycles. The number of benzene rings is 2. The quantitative estimate of drug-likeness (QED) is 0.283. The largest absolute Gasteiger partial charge is 0.415 e. The molecule has 0 aliphatic carbocycles. The molecule has 0 aliphatic heterocycles. The van der Waals surface area contributed by atoms with Gasteiger partial charge in [-0.25, -0.2) is 0 Å². The van der Waals surface area contributed by atoms with Crippen LogP contribution in [0, 0.1) is 17.3 Å². The summed E-state index contributed by atoms with van der Waals surface area (Å²) in [5.41, 5.74) is 2.95. The zero-order chi connectivity index (χ0) is 24.6. The molecule has 0 aliphatic rings. The molecule has 0 amide bonds. The van der Waals surface area contributed by atoms with Crippen molar-refractivity contribution >= 4 is 19.1 Å². The van der Waals surface area contributed by atoms with E-state index in [4.69, 9.17) is 4.43 Å². The second-order valence-corrected chi connectivity index (χ2v) is 16.3. The Morgan fingerprint density at radius 1 is 0.909 bits per heavy atom. The molecule has 2 rings (SSSR count). The lowest BCUT2D eigenvalue weighted by Crippen LogP contribution is -2.49. The van der Waals surface area contributed by atoms with Gasteiger partial charge < -0.3 is 9.74 Å². The van der Waals surface area contributed by atoms with Crippen LogP contribution in [-0.2, 0) is 4.43 Å². The van der Waals surface area contributed by atoms with Gasteiger partial charge in [0.15, 0.2) is 8.32 Å². The van der Waals surface area contributed by atoms with Crippen LogP contribution in [-0.4, -0.2) is 21.5 Å². The third-order valence-electron chi connectivity index (χ3n) is 6.83. The minimum absolute atomic E-state index is 0.162. The minimum Gasteiger partial charge on any atom is -0.415 e. The van der Waals surface area contributed by atoms with E-state index in [-0.39, 0.29) is 11.5 Å². The molecule has 2 nitrogen and oxygen atoms in total. The molecule has 0 saturated carbocycles. The van der Waals surface area contributed by atoms with Crippen molar-refractivity contribution in [2.24, 2.45) is 5.41 Å². The number of nitrogens with one attached hydrogen (secondary N) is 1. The van der Waals surface area contributed by atoms with Gasteiger partial charge in [-0.2, -0.15) is 0 Å². The van der Waals surface area contributed by atoms with Crippen molar-refractivity contribution in [1.82, 2.24) is 5.32 Å².